The summed E-state index contributed by atoms with van der Waals surface area (Å²) in [6, 6.07) is 3.17. The van der Waals surface area contributed by atoms with Crippen molar-refractivity contribution in [2.24, 2.45) is 5.10 Å². The van der Waals surface area contributed by atoms with E-state index in [1.165, 1.54) is 27.4 Å². The Hall–Kier alpha value is -2.77. The number of ether oxygens (including phenoxy) is 4. The van der Waals surface area contributed by atoms with Crippen LogP contribution >= 0.6 is 0 Å². The molecule has 0 bridgehead atoms. The van der Waals surface area contributed by atoms with E-state index in [9.17, 15) is 9.59 Å². The van der Waals surface area contributed by atoms with Crippen LogP contribution in [0.15, 0.2) is 17.2 Å². The van der Waals surface area contributed by atoms with Crippen molar-refractivity contribution in [1.82, 2.24) is 5.43 Å². The molecule has 0 saturated heterocycles. The Kier molecular flexibility index (Phi) is 6.58. The summed E-state index contributed by atoms with van der Waals surface area (Å²) < 4.78 is 20.5. The van der Waals surface area contributed by atoms with Gasteiger partial charge in [0.2, 0.25) is 5.75 Å². The first kappa shape index (κ1) is 19.3. The number of carbonyl (C=O) groups is 2. The number of hydrazone groups is 1. The van der Waals surface area contributed by atoms with E-state index >= 15 is 0 Å². The molecule has 1 aromatic rings. The summed E-state index contributed by atoms with van der Waals surface area (Å²) in [7, 11) is 2.86. The smallest absolute Gasteiger partial charge is 0.428 e. The molecule has 0 spiro atoms. The van der Waals surface area contributed by atoms with Crippen molar-refractivity contribution in [3.8, 4) is 17.2 Å². The molecule has 0 unspecified atom stereocenters. The predicted molar refractivity (Wildman–Crippen MR) is 87.8 cm³/mol. The quantitative estimate of drug-likeness (QED) is 0.383. The third kappa shape index (κ3) is 6.15. The number of amides is 1. The highest BCUT2D eigenvalue weighted by Crippen LogP contribution is 2.38. The third-order valence-electron chi connectivity index (χ3n) is 2.50. The number of methoxy groups -OCH3 is 2. The van der Waals surface area contributed by atoms with Gasteiger partial charge in [0.15, 0.2) is 11.5 Å². The summed E-state index contributed by atoms with van der Waals surface area (Å²) in [5.74, 6) is 0.260. The van der Waals surface area contributed by atoms with Crippen LogP contribution in [0, 0.1) is 0 Å². The summed E-state index contributed by atoms with van der Waals surface area (Å²) in [4.78, 5) is 22.7. The molecule has 132 valence electrons. The van der Waals surface area contributed by atoms with Gasteiger partial charge in [-0.15, -0.1) is 0 Å². The molecule has 0 heterocycles. The van der Waals surface area contributed by atoms with E-state index in [0.29, 0.717) is 17.1 Å². The summed E-state index contributed by atoms with van der Waals surface area (Å²) in [5, 5.41) is 3.80. The number of nitrogens with zero attached hydrogens (tertiary/aromatic N) is 1. The lowest BCUT2D eigenvalue weighted by Crippen LogP contribution is -2.29. The maximum absolute atomic E-state index is 11.5. The second-order valence-electron chi connectivity index (χ2n) is 5.72. The third-order valence-corrected chi connectivity index (χ3v) is 2.50. The highest BCUT2D eigenvalue weighted by atomic mass is 16.6. The molecular weight excluding hydrogens is 316 g/mol. The van der Waals surface area contributed by atoms with Gasteiger partial charge in [0.1, 0.15) is 5.60 Å². The zero-order valence-electron chi connectivity index (χ0n) is 14.6. The van der Waals surface area contributed by atoms with Crippen LogP contribution in [0.25, 0.3) is 0 Å². The predicted octanol–water partition coefficient (Wildman–Crippen LogP) is 2.49. The molecule has 1 amide bonds. The van der Waals surface area contributed by atoms with Gasteiger partial charge < -0.3 is 18.9 Å². The zero-order valence-corrected chi connectivity index (χ0v) is 14.6. The second kappa shape index (κ2) is 8.19. The van der Waals surface area contributed by atoms with Crippen molar-refractivity contribution in [2.45, 2.75) is 33.3 Å². The number of hydrogen-bond donors (Lipinski definition) is 1. The van der Waals surface area contributed by atoms with Crippen molar-refractivity contribution in [2.75, 3.05) is 14.2 Å². The monoisotopic (exact) mass is 338 g/mol. The van der Waals surface area contributed by atoms with E-state index in [-0.39, 0.29) is 5.75 Å². The van der Waals surface area contributed by atoms with Gasteiger partial charge in [-0.25, -0.2) is 10.2 Å². The molecule has 1 rings (SSSR count). The average Bonchev–Trinajstić information content (AvgIpc) is 2.45. The molecular formula is C16H22N2O6. The van der Waals surface area contributed by atoms with Crippen LogP contribution in [0.5, 0.6) is 17.2 Å². The Balaban J connectivity index is 2.95. The number of nitrogens with one attached hydrogen (secondary N) is 1. The average molecular weight is 338 g/mol. The Bertz CT molecular complexity index is 609. The fraction of sp³-hybridized carbons (Fsp3) is 0.438. The lowest BCUT2D eigenvalue weighted by atomic mass is 10.2. The molecule has 24 heavy (non-hydrogen) atoms. The second-order valence-corrected chi connectivity index (χ2v) is 5.72. The molecule has 0 aliphatic heterocycles. The van der Waals surface area contributed by atoms with Gasteiger partial charge in [-0.3, -0.25) is 4.79 Å². The molecule has 1 N–H and O–H groups in total. The van der Waals surface area contributed by atoms with E-state index in [4.69, 9.17) is 18.9 Å². The van der Waals surface area contributed by atoms with Crippen LogP contribution in [0.1, 0.15) is 33.3 Å². The summed E-state index contributed by atoms with van der Waals surface area (Å²) in [6.45, 7) is 6.53. The summed E-state index contributed by atoms with van der Waals surface area (Å²) in [6.07, 6.45) is 0.709. The van der Waals surface area contributed by atoms with Gasteiger partial charge in [-0.05, 0) is 32.9 Å². The summed E-state index contributed by atoms with van der Waals surface area (Å²) >= 11 is 0. The number of benzene rings is 1. The lowest BCUT2D eigenvalue weighted by molar-refractivity contribution is -0.132. The minimum absolute atomic E-state index is 0.171. The maximum Gasteiger partial charge on any atom is 0.428 e. The summed E-state index contributed by atoms with van der Waals surface area (Å²) in [5.41, 5.74) is 2.20. The largest absolute Gasteiger partial charge is 0.493 e. The van der Waals surface area contributed by atoms with Crippen LogP contribution in [0.3, 0.4) is 0 Å². The Labute approximate surface area is 140 Å². The minimum atomic E-state index is -0.672. The maximum atomic E-state index is 11.5. The van der Waals surface area contributed by atoms with Crippen LogP contribution in [0.2, 0.25) is 0 Å². The van der Waals surface area contributed by atoms with Gasteiger partial charge in [0, 0.05) is 12.5 Å². The fourth-order valence-corrected chi connectivity index (χ4v) is 1.68. The fourth-order valence-electron chi connectivity index (χ4n) is 1.68. The first-order chi connectivity index (χ1) is 11.2. The van der Waals surface area contributed by atoms with Gasteiger partial charge in [0.25, 0.3) is 0 Å². The Morgan fingerprint density at radius 1 is 1.12 bits per heavy atom. The SMILES string of the molecule is COc1cc(/C=N\NC(=O)OC(C)(C)C)cc(OC)c1OC(C)=O. The topological polar surface area (TPSA) is 95.5 Å². The number of hydrogen-bond acceptors (Lipinski definition) is 7. The van der Waals surface area contributed by atoms with E-state index in [1.807, 2.05) is 0 Å². The zero-order chi connectivity index (χ0) is 18.3. The van der Waals surface area contributed by atoms with E-state index in [2.05, 4.69) is 10.5 Å². The molecule has 8 nitrogen and oxygen atoms in total. The minimum Gasteiger partial charge on any atom is -0.493 e. The Morgan fingerprint density at radius 3 is 2.08 bits per heavy atom. The van der Waals surface area contributed by atoms with Gasteiger partial charge in [-0.1, -0.05) is 0 Å². The lowest BCUT2D eigenvalue weighted by Gasteiger charge is -2.18. The highest BCUT2D eigenvalue weighted by molar-refractivity contribution is 5.84. The molecule has 0 aliphatic carbocycles. The van der Waals surface area contributed by atoms with Crippen molar-refractivity contribution in [3.63, 3.8) is 0 Å². The normalized spacial score (nSPS) is 11.1. The van der Waals surface area contributed by atoms with Crippen molar-refractivity contribution >= 4 is 18.3 Å². The molecule has 0 radical (unpaired) electrons. The van der Waals surface area contributed by atoms with Gasteiger partial charge in [-0.2, -0.15) is 5.10 Å². The van der Waals surface area contributed by atoms with E-state index < -0.39 is 17.7 Å². The molecule has 0 saturated carbocycles. The Morgan fingerprint density at radius 2 is 1.67 bits per heavy atom. The number of rotatable bonds is 5. The standard InChI is InChI=1S/C16H22N2O6/c1-10(19)23-14-12(21-5)7-11(8-13(14)22-6)9-17-18-15(20)24-16(2,3)4/h7-9H,1-6H3,(H,18,20)/b17-9-. The molecule has 8 heteroatoms. The van der Waals surface area contributed by atoms with Crippen molar-refractivity contribution < 1.29 is 28.5 Å². The number of esters is 1. The van der Waals surface area contributed by atoms with Crippen LogP contribution in [-0.2, 0) is 9.53 Å². The first-order valence-corrected chi connectivity index (χ1v) is 7.12. The highest BCUT2D eigenvalue weighted by Gasteiger charge is 2.17. The van der Waals surface area contributed by atoms with E-state index in [0.717, 1.165) is 0 Å². The van der Waals surface area contributed by atoms with Gasteiger partial charge >= 0.3 is 12.1 Å². The molecule has 0 aromatic heterocycles. The molecule has 0 atom stereocenters. The van der Waals surface area contributed by atoms with Crippen LogP contribution < -0.4 is 19.6 Å². The van der Waals surface area contributed by atoms with Crippen molar-refractivity contribution in [3.05, 3.63) is 17.7 Å². The van der Waals surface area contributed by atoms with Crippen molar-refractivity contribution in [1.29, 1.82) is 0 Å². The number of carbonyl (C=O) groups excluding carboxylic acids is 2. The molecule has 1 aromatic carbocycles. The van der Waals surface area contributed by atoms with E-state index in [1.54, 1.807) is 32.9 Å². The first-order valence-electron chi connectivity index (χ1n) is 7.12. The molecule has 0 aliphatic rings. The van der Waals surface area contributed by atoms with Crippen LogP contribution in [0.4, 0.5) is 4.79 Å². The van der Waals surface area contributed by atoms with Crippen LogP contribution in [-0.4, -0.2) is 38.1 Å². The van der Waals surface area contributed by atoms with Gasteiger partial charge in [0.05, 0.1) is 20.4 Å². The molecule has 0 fully saturated rings.